The van der Waals surface area contributed by atoms with E-state index in [-0.39, 0.29) is 0 Å². The van der Waals surface area contributed by atoms with Gasteiger partial charge in [0.2, 0.25) is 0 Å². The largest absolute Gasteiger partial charge is 0.261 e. The highest BCUT2D eigenvalue weighted by molar-refractivity contribution is 6.22. The number of aliphatic imine (C=N–C) groups is 2. The number of nitrogens with zero attached hydrogens (tertiary/aromatic N) is 3. The molecule has 0 N–H and O–H groups in total. The lowest BCUT2D eigenvalue weighted by atomic mass is 9.90. The summed E-state index contributed by atoms with van der Waals surface area (Å²) in [5, 5.41) is 6.02. The fourth-order valence-corrected chi connectivity index (χ4v) is 7.01. The van der Waals surface area contributed by atoms with Crippen LogP contribution in [0.1, 0.15) is 37.8 Å². The Labute approximate surface area is 300 Å². The quantitative estimate of drug-likeness (QED) is 0.0864. The van der Waals surface area contributed by atoms with E-state index >= 15 is 0 Å². The Bertz CT molecular complexity index is 2520. The number of fused-ring (bicyclic) bond motifs is 5. The standard InChI is InChI=1S/C48H41N3/c1-6-17-44(49-7-2)32(3)30-46(50-34(5)35-18-9-8-10-19-35)38-22-15-21-37(31-38)39-25-16-26-40(33(39)4)48-43-29-28-36-20-11-12-23-41(36)47(43)42-24-13-14-27-45(42)51-48/h6-7,9,11-31H,1,3,8,10H2,2,4-5H3/b44-17-,46-30-,49-7?,50-34?. The second kappa shape index (κ2) is 14.7. The first-order valence-corrected chi connectivity index (χ1v) is 17.5. The lowest BCUT2D eigenvalue weighted by molar-refractivity contribution is 1.03. The number of hydrogen-bond acceptors (Lipinski definition) is 3. The molecule has 1 aliphatic carbocycles. The molecule has 5 aromatic carbocycles. The minimum Gasteiger partial charge on any atom is -0.261 e. The van der Waals surface area contributed by atoms with Crippen LogP contribution in [0.4, 0.5) is 0 Å². The fraction of sp³-hybridized carbons (Fsp3) is 0.104. The first-order valence-electron chi connectivity index (χ1n) is 17.5. The van der Waals surface area contributed by atoms with Gasteiger partial charge in [0.25, 0.3) is 0 Å². The minimum absolute atomic E-state index is 0.747. The van der Waals surface area contributed by atoms with Crippen molar-refractivity contribution in [1.82, 2.24) is 4.98 Å². The second-order valence-electron chi connectivity index (χ2n) is 12.8. The average Bonchev–Trinajstić information content (AvgIpc) is 3.17. The zero-order chi connectivity index (χ0) is 35.3. The molecular weight excluding hydrogens is 619 g/mol. The van der Waals surface area contributed by atoms with Crippen molar-refractivity contribution in [3.8, 4) is 22.4 Å². The van der Waals surface area contributed by atoms with E-state index in [1.54, 1.807) is 12.3 Å². The summed E-state index contributed by atoms with van der Waals surface area (Å²) < 4.78 is 0. The highest BCUT2D eigenvalue weighted by atomic mass is 14.8. The molecule has 1 aromatic heterocycles. The SMILES string of the molecule is C=C/C=C(\N=CC)C(=C)/C=C(\N=C(C)C1=CCCC=C1)c1cccc(-c2cccc(-c3nc4ccccc4c4c3ccc3ccccc34)c2C)c1. The predicted molar refractivity (Wildman–Crippen MR) is 221 cm³/mol. The molecule has 0 saturated carbocycles. The van der Waals surface area contributed by atoms with E-state index in [1.807, 2.05) is 19.1 Å². The predicted octanol–water partition coefficient (Wildman–Crippen LogP) is 13.0. The Balaban J connectivity index is 1.38. The maximum atomic E-state index is 5.31. The first-order chi connectivity index (χ1) is 25.0. The molecule has 0 amide bonds. The van der Waals surface area contributed by atoms with Crippen LogP contribution in [0, 0.1) is 6.92 Å². The minimum atomic E-state index is 0.747. The molecule has 6 aromatic rings. The molecule has 248 valence electrons. The Morgan fingerprint density at radius 2 is 1.61 bits per heavy atom. The molecule has 3 nitrogen and oxygen atoms in total. The van der Waals surface area contributed by atoms with Crippen LogP contribution in [0.15, 0.2) is 180 Å². The summed E-state index contributed by atoms with van der Waals surface area (Å²) in [6, 6.07) is 36.7. The average molecular weight is 660 g/mol. The fourth-order valence-electron chi connectivity index (χ4n) is 7.01. The molecule has 0 spiro atoms. The normalized spacial score (nSPS) is 14.1. The topological polar surface area (TPSA) is 37.6 Å². The molecule has 0 radical (unpaired) electrons. The van der Waals surface area contributed by atoms with Crippen LogP contribution in [0.2, 0.25) is 0 Å². The van der Waals surface area contributed by atoms with E-state index in [2.05, 4.69) is 153 Å². The van der Waals surface area contributed by atoms with Crippen molar-refractivity contribution in [2.45, 2.75) is 33.6 Å². The molecular formula is C48H41N3. The Morgan fingerprint density at radius 1 is 0.824 bits per heavy atom. The summed E-state index contributed by atoms with van der Waals surface area (Å²) in [7, 11) is 0. The van der Waals surface area contributed by atoms with Gasteiger partial charge >= 0.3 is 0 Å². The van der Waals surface area contributed by atoms with Crippen molar-refractivity contribution in [3.05, 3.63) is 181 Å². The van der Waals surface area contributed by atoms with Gasteiger partial charge in [-0.05, 0) is 96.5 Å². The van der Waals surface area contributed by atoms with Gasteiger partial charge in [0.1, 0.15) is 0 Å². The van der Waals surface area contributed by atoms with Crippen molar-refractivity contribution < 1.29 is 0 Å². The zero-order valence-corrected chi connectivity index (χ0v) is 29.5. The molecule has 0 aliphatic heterocycles. The van der Waals surface area contributed by atoms with Gasteiger partial charge in [0, 0.05) is 39.2 Å². The summed E-state index contributed by atoms with van der Waals surface area (Å²) in [6.45, 7) is 14.4. The van der Waals surface area contributed by atoms with E-state index in [0.717, 1.165) is 79.9 Å². The monoisotopic (exact) mass is 659 g/mol. The molecule has 51 heavy (non-hydrogen) atoms. The summed E-state index contributed by atoms with van der Waals surface area (Å²) in [5.74, 6) is 0. The maximum Gasteiger partial charge on any atom is 0.0791 e. The van der Waals surface area contributed by atoms with Gasteiger partial charge in [-0.25, -0.2) is 4.98 Å². The molecule has 0 fully saturated rings. The van der Waals surface area contributed by atoms with Gasteiger partial charge in [0.15, 0.2) is 0 Å². The van der Waals surface area contributed by atoms with Crippen molar-refractivity contribution in [1.29, 1.82) is 0 Å². The molecule has 3 heteroatoms. The summed E-state index contributed by atoms with van der Waals surface area (Å²) in [5.41, 5.74) is 12.0. The number of rotatable bonds is 9. The van der Waals surface area contributed by atoms with Crippen molar-refractivity contribution in [3.63, 3.8) is 0 Å². The molecule has 0 atom stereocenters. The third kappa shape index (κ3) is 6.71. The van der Waals surface area contributed by atoms with Crippen LogP contribution < -0.4 is 0 Å². The van der Waals surface area contributed by atoms with Crippen LogP contribution in [-0.4, -0.2) is 16.9 Å². The first kappa shape index (κ1) is 33.3. The van der Waals surface area contributed by atoms with Crippen LogP contribution in [-0.2, 0) is 0 Å². The van der Waals surface area contributed by atoms with Crippen LogP contribution in [0.3, 0.4) is 0 Å². The Hall–Kier alpha value is -6.19. The van der Waals surface area contributed by atoms with Crippen molar-refractivity contribution in [2.75, 3.05) is 0 Å². The molecule has 7 rings (SSSR count). The number of hydrogen-bond donors (Lipinski definition) is 0. The van der Waals surface area contributed by atoms with E-state index in [1.165, 1.54) is 27.1 Å². The van der Waals surface area contributed by atoms with Crippen molar-refractivity contribution in [2.24, 2.45) is 9.98 Å². The van der Waals surface area contributed by atoms with E-state index in [9.17, 15) is 0 Å². The van der Waals surface area contributed by atoms with Gasteiger partial charge in [-0.15, -0.1) is 0 Å². The van der Waals surface area contributed by atoms with E-state index in [4.69, 9.17) is 9.98 Å². The van der Waals surface area contributed by atoms with Gasteiger partial charge in [-0.2, -0.15) is 0 Å². The summed E-state index contributed by atoms with van der Waals surface area (Å²) >= 11 is 0. The van der Waals surface area contributed by atoms with Gasteiger partial charge < -0.3 is 0 Å². The highest BCUT2D eigenvalue weighted by Crippen LogP contribution is 2.40. The lowest BCUT2D eigenvalue weighted by Crippen LogP contribution is -1.99. The number of para-hydroxylation sites is 1. The molecule has 0 bridgehead atoms. The van der Waals surface area contributed by atoms with Gasteiger partial charge in [0.05, 0.1) is 22.6 Å². The van der Waals surface area contributed by atoms with Gasteiger partial charge in [-0.3, -0.25) is 9.98 Å². The zero-order valence-electron chi connectivity index (χ0n) is 29.5. The van der Waals surface area contributed by atoms with Crippen LogP contribution in [0.25, 0.3) is 60.5 Å². The second-order valence-corrected chi connectivity index (χ2v) is 12.8. The number of aromatic nitrogens is 1. The molecule has 1 aliphatic rings. The van der Waals surface area contributed by atoms with Crippen LogP contribution >= 0.6 is 0 Å². The Morgan fingerprint density at radius 3 is 2.41 bits per heavy atom. The molecule has 0 saturated heterocycles. The summed E-state index contributed by atoms with van der Waals surface area (Å²) in [4.78, 5) is 15.1. The number of benzene rings is 5. The lowest BCUT2D eigenvalue weighted by Gasteiger charge is -2.16. The smallest absolute Gasteiger partial charge is 0.0791 e. The number of pyridine rings is 1. The maximum absolute atomic E-state index is 5.31. The highest BCUT2D eigenvalue weighted by Gasteiger charge is 2.17. The third-order valence-electron chi connectivity index (χ3n) is 9.53. The van der Waals surface area contributed by atoms with Gasteiger partial charge in [-0.1, -0.05) is 128 Å². The van der Waals surface area contributed by atoms with Crippen LogP contribution in [0.5, 0.6) is 0 Å². The Kier molecular flexibility index (Phi) is 9.63. The van der Waals surface area contributed by atoms with Crippen molar-refractivity contribution >= 4 is 50.1 Å². The molecule has 0 unspecified atom stereocenters. The summed E-state index contributed by atoms with van der Waals surface area (Å²) in [6.07, 6.45) is 16.1. The van der Waals surface area contributed by atoms with E-state index in [0.29, 0.717) is 0 Å². The molecule has 1 heterocycles. The third-order valence-corrected chi connectivity index (χ3v) is 9.53. The number of allylic oxidation sites excluding steroid dienone is 7. The van der Waals surface area contributed by atoms with E-state index < -0.39 is 0 Å².